The van der Waals surface area contributed by atoms with Gasteiger partial charge in [-0.15, -0.1) is 0 Å². The van der Waals surface area contributed by atoms with E-state index in [-0.39, 0.29) is 22.3 Å². The molecule has 0 aliphatic heterocycles. The number of nitrogens with two attached hydrogens (primary N) is 2. The van der Waals surface area contributed by atoms with E-state index in [2.05, 4.69) is 4.98 Å². The molecule has 0 aliphatic carbocycles. The summed E-state index contributed by atoms with van der Waals surface area (Å²) in [5, 5.41) is -0.254. The highest BCUT2D eigenvalue weighted by molar-refractivity contribution is 6.31. The SMILES string of the molecule is Nc1ccc(Oc2ncc(C(F)(F)F)cc2Cl)cc1N. The summed E-state index contributed by atoms with van der Waals surface area (Å²) >= 11 is 5.71. The summed E-state index contributed by atoms with van der Waals surface area (Å²) in [4.78, 5) is 3.55. The Bertz CT molecular complexity index is 646. The van der Waals surface area contributed by atoms with E-state index >= 15 is 0 Å². The second-order valence-electron chi connectivity index (χ2n) is 3.90. The molecule has 106 valence electrons. The molecule has 0 spiro atoms. The van der Waals surface area contributed by atoms with Crippen LogP contribution in [-0.4, -0.2) is 4.98 Å². The van der Waals surface area contributed by atoms with Gasteiger partial charge in [-0.05, 0) is 18.2 Å². The summed E-state index contributed by atoms with van der Waals surface area (Å²) in [6, 6.07) is 5.17. The van der Waals surface area contributed by atoms with Crippen molar-refractivity contribution in [1.82, 2.24) is 4.98 Å². The van der Waals surface area contributed by atoms with Crippen molar-refractivity contribution >= 4 is 23.0 Å². The highest BCUT2D eigenvalue weighted by Crippen LogP contribution is 2.35. The van der Waals surface area contributed by atoms with Gasteiger partial charge in [-0.3, -0.25) is 0 Å². The van der Waals surface area contributed by atoms with Gasteiger partial charge in [-0.1, -0.05) is 11.6 Å². The molecular formula is C12H9ClF3N3O. The summed E-state index contributed by atoms with van der Waals surface area (Å²) < 4.78 is 42.6. The molecule has 0 amide bonds. The fraction of sp³-hybridized carbons (Fsp3) is 0.0833. The second-order valence-corrected chi connectivity index (χ2v) is 4.31. The Morgan fingerprint density at radius 2 is 1.80 bits per heavy atom. The number of rotatable bonds is 2. The fourth-order valence-electron chi connectivity index (χ4n) is 1.38. The molecule has 8 heteroatoms. The van der Waals surface area contributed by atoms with Gasteiger partial charge in [0.25, 0.3) is 0 Å². The number of aromatic nitrogens is 1. The number of halogens is 4. The van der Waals surface area contributed by atoms with E-state index < -0.39 is 11.7 Å². The molecule has 0 aliphatic rings. The Morgan fingerprint density at radius 3 is 2.35 bits per heavy atom. The van der Waals surface area contributed by atoms with Crippen molar-refractivity contribution < 1.29 is 17.9 Å². The van der Waals surface area contributed by atoms with E-state index in [9.17, 15) is 13.2 Å². The number of ether oxygens (including phenoxy) is 1. The Labute approximate surface area is 117 Å². The zero-order valence-electron chi connectivity index (χ0n) is 9.91. The minimum absolute atomic E-state index is 0.149. The van der Waals surface area contributed by atoms with Gasteiger partial charge in [-0.2, -0.15) is 13.2 Å². The van der Waals surface area contributed by atoms with Crippen molar-refractivity contribution in [2.24, 2.45) is 0 Å². The Balaban J connectivity index is 2.28. The minimum atomic E-state index is -4.51. The molecule has 0 saturated carbocycles. The van der Waals surface area contributed by atoms with Gasteiger partial charge >= 0.3 is 6.18 Å². The predicted octanol–water partition coefficient (Wildman–Crippen LogP) is 3.71. The lowest BCUT2D eigenvalue weighted by atomic mass is 10.2. The monoisotopic (exact) mass is 303 g/mol. The van der Waals surface area contributed by atoms with Gasteiger partial charge in [0.15, 0.2) is 0 Å². The van der Waals surface area contributed by atoms with Crippen LogP contribution < -0.4 is 16.2 Å². The summed E-state index contributed by atoms with van der Waals surface area (Å²) in [5.74, 6) is 0.120. The van der Waals surface area contributed by atoms with Crippen molar-refractivity contribution in [3.05, 3.63) is 41.0 Å². The molecule has 0 radical (unpaired) electrons. The number of benzene rings is 1. The molecule has 1 aromatic heterocycles. The first kappa shape index (κ1) is 14.3. The zero-order valence-corrected chi connectivity index (χ0v) is 10.7. The van der Waals surface area contributed by atoms with Gasteiger partial charge in [0.2, 0.25) is 5.88 Å². The van der Waals surface area contributed by atoms with E-state index in [0.717, 1.165) is 6.07 Å². The number of nitrogen functional groups attached to an aromatic ring is 2. The molecular weight excluding hydrogens is 295 g/mol. The first-order chi connectivity index (χ1) is 9.27. The average Bonchev–Trinajstić information content (AvgIpc) is 2.35. The summed E-state index contributed by atoms with van der Waals surface area (Å²) in [6.07, 6.45) is -3.87. The maximum absolute atomic E-state index is 12.5. The predicted molar refractivity (Wildman–Crippen MR) is 69.6 cm³/mol. The van der Waals surface area contributed by atoms with Crippen LogP contribution in [0.15, 0.2) is 30.5 Å². The second kappa shape index (κ2) is 5.09. The number of hydrogen-bond donors (Lipinski definition) is 2. The number of hydrogen-bond acceptors (Lipinski definition) is 4. The van der Waals surface area contributed by atoms with Crippen molar-refractivity contribution in [2.75, 3.05) is 11.5 Å². The third-order valence-corrected chi connectivity index (χ3v) is 2.68. The van der Waals surface area contributed by atoms with E-state index in [0.29, 0.717) is 11.9 Å². The number of nitrogens with zero attached hydrogens (tertiary/aromatic N) is 1. The maximum Gasteiger partial charge on any atom is 0.417 e. The van der Waals surface area contributed by atoms with E-state index in [1.807, 2.05) is 0 Å². The molecule has 4 N–H and O–H groups in total. The van der Waals surface area contributed by atoms with Crippen LogP contribution in [0.2, 0.25) is 5.02 Å². The molecule has 2 aromatic rings. The van der Waals surface area contributed by atoms with Crippen LogP contribution in [0.1, 0.15) is 5.56 Å². The van der Waals surface area contributed by atoms with Crippen LogP contribution in [0.4, 0.5) is 24.5 Å². The molecule has 4 nitrogen and oxygen atoms in total. The van der Waals surface area contributed by atoms with E-state index in [4.69, 9.17) is 27.8 Å². The first-order valence-electron chi connectivity index (χ1n) is 5.33. The van der Waals surface area contributed by atoms with Crippen LogP contribution in [0.3, 0.4) is 0 Å². The van der Waals surface area contributed by atoms with Gasteiger partial charge in [0.1, 0.15) is 10.8 Å². The first-order valence-corrected chi connectivity index (χ1v) is 5.71. The van der Waals surface area contributed by atoms with Crippen LogP contribution in [-0.2, 0) is 6.18 Å². The highest BCUT2D eigenvalue weighted by atomic mass is 35.5. The van der Waals surface area contributed by atoms with Crippen molar-refractivity contribution in [3.63, 3.8) is 0 Å². The third-order valence-electron chi connectivity index (χ3n) is 2.41. The summed E-state index contributed by atoms with van der Waals surface area (Å²) in [5.41, 5.74) is 10.8. The van der Waals surface area contributed by atoms with Crippen LogP contribution in [0, 0.1) is 0 Å². The number of pyridine rings is 1. The Morgan fingerprint density at radius 1 is 1.10 bits per heavy atom. The van der Waals surface area contributed by atoms with Crippen molar-refractivity contribution in [2.45, 2.75) is 6.18 Å². The largest absolute Gasteiger partial charge is 0.437 e. The molecule has 2 rings (SSSR count). The normalized spacial score (nSPS) is 11.4. The smallest absolute Gasteiger partial charge is 0.417 e. The lowest BCUT2D eigenvalue weighted by molar-refractivity contribution is -0.137. The van der Waals surface area contributed by atoms with Crippen molar-refractivity contribution in [3.8, 4) is 11.6 Å². The number of anilines is 2. The molecule has 1 aromatic carbocycles. The van der Waals surface area contributed by atoms with Crippen LogP contribution in [0.25, 0.3) is 0 Å². The molecule has 20 heavy (non-hydrogen) atoms. The molecule has 0 fully saturated rings. The maximum atomic E-state index is 12.5. The molecule has 0 bridgehead atoms. The van der Waals surface area contributed by atoms with Crippen LogP contribution in [0.5, 0.6) is 11.6 Å². The standard InChI is InChI=1S/C12H9ClF3N3O/c13-8-3-6(12(14,15)16)5-19-11(8)20-7-1-2-9(17)10(18)4-7/h1-5H,17-18H2. The van der Waals surface area contributed by atoms with Gasteiger partial charge < -0.3 is 16.2 Å². The van der Waals surface area contributed by atoms with Crippen LogP contribution >= 0.6 is 11.6 Å². The van der Waals surface area contributed by atoms with Gasteiger partial charge in [0, 0.05) is 12.3 Å². The van der Waals surface area contributed by atoms with Gasteiger partial charge in [0.05, 0.1) is 16.9 Å². The zero-order chi connectivity index (χ0) is 14.9. The Hall–Kier alpha value is -2.15. The van der Waals surface area contributed by atoms with E-state index in [1.54, 1.807) is 0 Å². The lowest BCUT2D eigenvalue weighted by Gasteiger charge is -2.10. The van der Waals surface area contributed by atoms with E-state index in [1.165, 1.54) is 18.2 Å². The molecule has 0 unspecified atom stereocenters. The summed E-state index contributed by atoms with van der Waals surface area (Å²) in [6.45, 7) is 0. The minimum Gasteiger partial charge on any atom is -0.437 e. The fourth-order valence-corrected chi connectivity index (χ4v) is 1.59. The lowest BCUT2D eigenvalue weighted by Crippen LogP contribution is -2.05. The molecule has 0 saturated heterocycles. The van der Waals surface area contributed by atoms with Crippen molar-refractivity contribution in [1.29, 1.82) is 0 Å². The molecule has 1 heterocycles. The Kier molecular flexibility index (Phi) is 3.63. The third kappa shape index (κ3) is 3.05. The highest BCUT2D eigenvalue weighted by Gasteiger charge is 2.31. The van der Waals surface area contributed by atoms with Gasteiger partial charge in [-0.25, -0.2) is 4.98 Å². The topological polar surface area (TPSA) is 74.2 Å². The summed E-state index contributed by atoms with van der Waals surface area (Å²) in [7, 11) is 0. The number of alkyl halides is 3. The molecule has 0 atom stereocenters. The average molecular weight is 304 g/mol. The quantitative estimate of drug-likeness (QED) is 0.829.